The van der Waals surface area contributed by atoms with Crippen LogP contribution in [0.4, 0.5) is 0 Å². The summed E-state index contributed by atoms with van der Waals surface area (Å²) in [6.45, 7) is 6.38. The minimum atomic E-state index is -0.337. The van der Waals surface area contributed by atoms with Gasteiger partial charge in [-0.1, -0.05) is 30.3 Å². The predicted molar refractivity (Wildman–Crippen MR) is 130 cm³/mol. The summed E-state index contributed by atoms with van der Waals surface area (Å²) in [6, 6.07) is 15.6. The highest BCUT2D eigenvalue weighted by molar-refractivity contribution is 9.12. The summed E-state index contributed by atoms with van der Waals surface area (Å²) >= 11 is 3.26. The van der Waals surface area contributed by atoms with Crippen molar-refractivity contribution in [2.75, 3.05) is 7.05 Å². The topological polar surface area (TPSA) is 88.7 Å². The van der Waals surface area contributed by atoms with Crippen molar-refractivity contribution >= 4 is 50.7 Å². The van der Waals surface area contributed by atoms with E-state index in [1.165, 1.54) is 7.05 Å². The second-order valence-electron chi connectivity index (χ2n) is 8.37. The van der Waals surface area contributed by atoms with E-state index in [2.05, 4.69) is 25.7 Å². The Morgan fingerprint density at radius 1 is 1.06 bits per heavy atom. The van der Waals surface area contributed by atoms with E-state index >= 15 is 0 Å². The Morgan fingerprint density at radius 3 is 2.30 bits per heavy atom. The fourth-order valence-electron chi connectivity index (χ4n) is 3.12. The molecule has 1 aliphatic heterocycles. The van der Waals surface area contributed by atoms with Crippen LogP contribution in [-0.4, -0.2) is 40.8 Å². The first-order valence-corrected chi connectivity index (χ1v) is 11.0. The van der Waals surface area contributed by atoms with Gasteiger partial charge in [-0.05, 0) is 60.5 Å². The molecule has 0 unspecified atom stereocenters. The molecule has 1 aromatic heterocycles. The lowest BCUT2D eigenvalue weighted by Crippen LogP contribution is -2.26. The molecule has 3 aromatic rings. The van der Waals surface area contributed by atoms with Crippen molar-refractivity contribution in [1.29, 1.82) is 0 Å². The van der Waals surface area contributed by atoms with E-state index in [0.29, 0.717) is 30.0 Å². The number of carbonyl (C=O) groups excluding carboxylic acids is 3. The van der Waals surface area contributed by atoms with E-state index in [1.54, 1.807) is 6.20 Å². The van der Waals surface area contributed by atoms with Crippen LogP contribution in [-0.2, 0) is 25.7 Å². The van der Waals surface area contributed by atoms with Crippen molar-refractivity contribution in [3.8, 4) is 5.75 Å². The van der Waals surface area contributed by atoms with E-state index < -0.39 is 0 Å². The molecule has 0 atom stereocenters. The Balaban J connectivity index is 0.000000383. The van der Waals surface area contributed by atoms with E-state index in [-0.39, 0.29) is 21.9 Å². The summed E-state index contributed by atoms with van der Waals surface area (Å²) in [6.07, 6.45) is 1.74. The molecule has 8 heteroatoms. The standard InChI is InChI=1S/C20H15BrN2O3.C5H10O2/c1-23-19(24)17(18(21)20(23)25)15-10-22-16-8-7-13(9-14(15)16)26-11-12-5-3-2-4-6-12;1-5(2,3)7-4-6/h2-10,22H,11H2,1H3;4H,1-3H3. The fourth-order valence-corrected chi connectivity index (χ4v) is 3.77. The van der Waals surface area contributed by atoms with Crippen molar-refractivity contribution in [3.05, 3.63) is 70.3 Å². The molecule has 2 aromatic carbocycles. The number of carbonyl (C=O) groups is 3. The van der Waals surface area contributed by atoms with Gasteiger partial charge in [0.05, 0.1) is 10.1 Å². The van der Waals surface area contributed by atoms with E-state index in [9.17, 15) is 14.4 Å². The fraction of sp³-hybridized carbons (Fsp3) is 0.240. The Labute approximate surface area is 200 Å². The summed E-state index contributed by atoms with van der Waals surface area (Å²) in [4.78, 5) is 38.3. The number of amides is 2. The molecule has 1 N–H and O–H groups in total. The van der Waals surface area contributed by atoms with Crippen LogP contribution in [0, 0.1) is 0 Å². The number of imide groups is 1. The zero-order valence-electron chi connectivity index (χ0n) is 18.8. The monoisotopic (exact) mass is 512 g/mol. The van der Waals surface area contributed by atoms with Gasteiger partial charge in [0.25, 0.3) is 18.3 Å². The van der Waals surface area contributed by atoms with Gasteiger partial charge in [-0.2, -0.15) is 0 Å². The number of nitrogens with zero attached hydrogens (tertiary/aromatic N) is 1. The largest absolute Gasteiger partial charge is 0.489 e. The lowest BCUT2D eigenvalue weighted by atomic mass is 10.1. The number of hydrogen-bond donors (Lipinski definition) is 1. The van der Waals surface area contributed by atoms with E-state index in [4.69, 9.17) is 4.74 Å². The summed E-state index contributed by atoms with van der Waals surface area (Å²) < 4.78 is 10.7. The van der Waals surface area contributed by atoms with Crippen LogP contribution in [0.2, 0.25) is 0 Å². The molecule has 0 fully saturated rings. The summed E-state index contributed by atoms with van der Waals surface area (Å²) in [7, 11) is 1.47. The van der Waals surface area contributed by atoms with Gasteiger partial charge in [0, 0.05) is 29.7 Å². The number of likely N-dealkylation sites (N-methyl/N-ethyl adjacent to an activating group) is 1. The maximum Gasteiger partial charge on any atom is 0.293 e. The van der Waals surface area contributed by atoms with Gasteiger partial charge in [-0.25, -0.2) is 0 Å². The molecule has 2 heterocycles. The zero-order valence-corrected chi connectivity index (χ0v) is 20.4. The van der Waals surface area contributed by atoms with Crippen molar-refractivity contribution < 1.29 is 23.9 Å². The second kappa shape index (κ2) is 10.0. The number of hydrogen-bond acceptors (Lipinski definition) is 5. The average molecular weight is 513 g/mol. The molecule has 172 valence electrons. The number of benzene rings is 2. The molecule has 1 aliphatic rings. The zero-order chi connectivity index (χ0) is 24.2. The quantitative estimate of drug-likeness (QED) is 0.391. The SMILES string of the molecule is CC(C)(C)OC=O.CN1C(=O)C(Br)=C(c2c[nH]c3ccc(OCc4ccccc4)cc23)C1=O. The number of aromatic nitrogens is 1. The first-order valence-electron chi connectivity index (χ1n) is 10.2. The highest BCUT2D eigenvalue weighted by Gasteiger charge is 2.36. The average Bonchev–Trinajstić information content (AvgIpc) is 3.27. The number of ether oxygens (including phenoxy) is 2. The Hall–Kier alpha value is -3.39. The van der Waals surface area contributed by atoms with Crippen LogP contribution in [0.25, 0.3) is 16.5 Å². The number of nitrogens with one attached hydrogen (secondary N) is 1. The summed E-state index contributed by atoms with van der Waals surface area (Å²) in [5.41, 5.74) is 2.67. The van der Waals surface area contributed by atoms with Gasteiger partial charge in [-0.3, -0.25) is 19.3 Å². The molecule has 0 radical (unpaired) electrons. The third kappa shape index (κ3) is 5.70. The van der Waals surface area contributed by atoms with Gasteiger partial charge in [0.2, 0.25) is 0 Å². The molecule has 0 bridgehead atoms. The second-order valence-corrected chi connectivity index (χ2v) is 9.16. The number of halogens is 1. The van der Waals surface area contributed by atoms with Crippen molar-refractivity contribution in [3.63, 3.8) is 0 Å². The van der Waals surface area contributed by atoms with Crippen LogP contribution in [0.3, 0.4) is 0 Å². The first-order chi connectivity index (χ1) is 15.6. The van der Waals surface area contributed by atoms with E-state index in [1.807, 2.05) is 69.3 Å². The molecular weight excluding hydrogens is 488 g/mol. The van der Waals surface area contributed by atoms with Crippen LogP contribution >= 0.6 is 15.9 Å². The van der Waals surface area contributed by atoms with Gasteiger partial charge in [-0.15, -0.1) is 0 Å². The normalized spacial score (nSPS) is 13.8. The Kier molecular flexibility index (Phi) is 7.38. The minimum absolute atomic E-state index is 0.279. The summed E-state index contributed by atoms with van der Waals surface area (Å²) in [5.74, 6) is 0.0401. The molecule has 0 aliphatic carbocycles. The Morgan fingerprint density at radius 2 is 1.76 bits per heavy atom. The highest BCUT2D eigenvalue weighted by atomic mass is 79.9. The van der Waals surface area contributed by atoms with Crippen LogP contribution in [0.5, 0.6) is 5.75 Å². The summed E-state index contributed by atoms with van der Waals surface area (Å²) in [5, 5.41) is 0.832. The third-order valence-corrected chi connectivity index (χ3v) is 5.54. The minimum Gasteiger partial charge on any atom is -0.489 e. The van der Waals surface area contributed by atoms with Crippen molar-refractivity contribution in [1.82, 2.24) is 9.88 Å². The first kappa shape index (κ1) is 24.3. The van der Waals surface area contributed by atoms with Gasteiger partial charge < -0.3 is 14.5 Å². The number of rotatable bonds is 5. The smallest absolute Gasteiger partial charge is 0.293 e. The third-order valence-electron chi connectivity index (χ3n) is 4.80. The highest BCUT2D eigenvalue weighted by Crippen LogP contribution is 2.36. The molecule has 2 amide bonds. The Bertz CT molecular complexity index is 1210. The lowest BCUT2D eigenvalue weighted by Gasteiger charge is -2.14. The van der Waals surface area contributed by atoms with Crippen molar-refractivity contribution in [2.45, 2.75) is 33.0 Å². The van der Waals surface area contributed by atoms with E-state index in [0.717, 1.165) is 21.4 Å². The molecular formula is C25H25BrN2O5. The van der Waals surface area contributed by atoms with Gasteiger partial charge in [0.15, 0.2) is 0 Å². The maximum absolute atomic E-state index is 12.4. The van der Waals surface area contributed by atoms with Gasteiger partial charge in [0.1, 0.15) is 18.0 Å². The molecule has 4 rings (SSSR count). The molecule has 7 nitrogen and oxygen atoms in total. The molecule has 0 saturated heterocycles. The van der Waals surface area contributed by atoms with Crippen LogP contribution in [0.1, 0.15) is 31.9 Å². The molecule has 0 spiro atoms. The predicted octanol–water partition coefficient (Wildman–Crippen LogP) is 4.81. The number of aromatic amines is 1. The van der Waals surface area contributed by atoms with Crippen LogP contribution < -0.4 is 4.74 Å². The molecule has 33 heavy (non-hydrogen) atoms. The molecule has 0 saturated carbocycles. The maximum atomic E-state index is 12.4. The van der Waals surface area contributed by atoms with Crippen LogP contribution in [0.15, 0.2) is 59.2 Å². The number of fused-ring (bicyclic) bond motifs is 1. The van der Waals surface area contributed by atoms with Crippen molar-refractivity contribution in [2.24, 2.45) is 0 Å². The lowest BCUT2D eigenvalue weighted by molar-refractivity contribution is -0.139. The van der Waals surface area contributed by atoms with Gasteiger partial charge >= 0.3 is 0 Å². The number of H-pyrrole nitrogens is 1.